The number of carbonyl (C=O) groups is 1. The van der Waals surface area contributed by atoms with E-state index in [1.54, 1.807) is 19.2 Å². The van der Waals surface area contributed by atoms with Gasteiger partial charge in [-0.3, -0.25) is 4.98 Å². The predicted molar refractivity (Wildman–Crippen MR) is 59.2 cm³/mol. The first kappa shape index (κ1) is 12.0. The smallest absolute Gasteiger partial charge is 0.339 e. The van der Waals surface area contributed by atoms with Crippen molar-refractivity contribution in [2.24, 2.45) is 0 Å². The van der Waals surface area contributed by atoms with E-state index in [0.717, 1.165) is 18.4 Å². The molecule has 0 radical (unpaired) electrons. The molecule has 0 unspecified atom stereocenters. The lowest BCUT2D eigenvalue weighted by Crippen LogP contribution is -2.05. The third kappa shape index (κ3) is 3.88. The van der Waals surface area contributed by atoms with Gasteiger partial charge in [0.15, 0.2) is 0 Å². The van der Waals surface area contributed by atoms with Crippen molar-refractivity contribution in [2.45, 2.75) is 19.8 Å². The number of pyridine rings is 1. The molecule has 0 aliphatic carbocycles. The number of carbonyl (C=O) groups excluding carboxylic acids is 1. The van der Waals surface area contributed by atoms with Crippen LogP contribution in [0.1, 0.15) is 29.3 Å². The Morgan fingerprint density at radius 3 is 3.00 bits per heavy atom. The molecule has 0 aliphatic rings. The Kier molecular flexibility index (Phi) is 5.12. The molecule has 0 aromatic carbocycles. The fourth-order valence-corrected chi connectivity index (χ4v) is 1.35. The Bertz CT molecular complexity index is 328. The summed E-state index contributed by atoms with van der Waals surface area (Å²) in [6.07, 6.45) is 4.98. The van der Waals surface area contributed by atoms with Gasteiger partial charge in [0.1, 0.15) is 0 Å². The number of hydrogen-bond acceptors (Lipinski definition) is 3. The van der Waals surface area contributed by atoms with Crippen molar-refractivity contribution >= 4 is 17.6 Å². The van der Waals surface area contributed by atoms with Gasteiger partial charge < -0.3 is 4.74 Å². The monoisotopic (exact) mass is 227 g/mol. The van der Waals surface area contributed by atoms with Crippen LogP contribution in [-0.2, 0) is 11.2 Å². The maximum Gasteiger partial charge on any atom is 0.339 e. The van der Waals surface area contributed by atoms with E-state index in [0.29, 0.717) is 18.1 Å². The highest BCUT2D eigenvalue weighted by Crippen LogP contribution is 2.07. The molecule has 0 aliphatic heterocycles. The zero-order valence-electron chi connectivity index (χ0n) is 8.70. The van der Waals surface area contributed by atoms with E-state index in [9.17, 15) is 4.79 Å². The van der Waals surface area contributed by atoms with Crippen LogP contribution in [0.25, 0.3) is 0 Å². The van der Waals surface area contributed by atoms with E-state index in [1.165, 1.54) is 6.20 Å². The van der Waals surface area contributed by atoms with E-state index in [1.807, 2.05) is 0 Å². The SMILES string of the molecule is CCOC(=O)c1cncc(CCCCl)c1. The molecule has 1 aromatic heterocycles. The number of nitrogens with zero attached hydrogens (tertiary/aromatic N) is 1. The van der Waals surface area contributed by atoms with Crippen molar-refractivity contribution in [1.29, 1.82) is 0 Å². The van der Waals surface area contributed by atoms with Gasteiger partial charge in [-0.1, -0.05) is 0 Å². The number of esters is 1. The van der Waals surface area contributed by atoms with Crippen molar-refractivity contribution in [3.63, 3.8) is 0 Å². The summed E-state index contributed by atoms with van der Waals surface area (Å²) >= 11 is 5.59. The first-order valence-electron chi connectivity index (χ1n) is 4.95. The molecule has 15 heavy (non-hydrogen) atoms. The van der Waals surface area contributed by atoms with Gasteiger partial charge >= 0.3 is 5.97 Å². The molecule has 1 rings (SSSR count). The normalized spacial score (nSPS) is 10.0. The molecule has 82 valence electrons. The molecule has 4 heteroatoms. The van der Waals surface area contributed by atoms with E-state index in [-0.39, 0.29) is 5.97 Å². The lowest BCUT2D eigenvalue weighted by molar-refractivity contribution is 0.0525. The average molecular weight is 228 g/mol. The van der Waals surface area contributed by atoms with Crippen LogP contribution in [0.4, 0.5) is 0 Å². The van der Waals surface area contributed by atoms with Crippen LogP contribution >= 0.6 is 11.6 Å². The summed E-state index contributed by atoms with van der Waals surface area (Å²) in [5.41, 5.74) is 1.52. The Morgan fingerprint density at radius 1 is 1.53 bits per heavy atom. The summed E-state index contributed by atoms with van der Waals surface area (Å²) in [5, 5.41) is 0. The summed E-state index contributed by atoms with van der Waals surface area (Å²) in [7, 11) is 0. The highest BCUT2D eigenvalue weighted by molar-refractivity contribution is 6.17. The second kappa shape index (κ2) is 6.40. The molecule has 0 bridgehead atoms. The molecule has 0 saturated carbocycles. The van der Waals surface area contributed by atoms with Crippen LogP contribution in [0, 0.1) is 0 Å². The van der Waals surface area contributed by atoms with E-state index < -0.39 is 0 Å². The molecule has 0 amide bonds. The van der Waals surface area contributed by atoms with Gasteiger partial charge in [-0.05, 0) is 31.4 Å². The van der Waals surface area contributed by atoms with Crippen LogP contribution in [0.2, 0.25) is 0 Å². The molecule has 1 aromatic rings. The zero-order chi connectivity index (χ0) is 11.1. The standard InChI is InChI=1S/C11H14ClNO2/c1-2-15-11(14)10-6-9(4-3-5-12)7-13-8-10/h6-8H,2-5H2,1H3. The second-order valence-corrected chi connectivity index (χ2v) is 3.47. The minimum Gasteiger partial charge on any atom is -0.462 e. The van der Waals surface area contributed by atoms with Gasteiger partial charge in [0, 0.05) is 18.3 Å². The summed E-state index contributed by atoms with van der Waals surface area (Å²) in [6, 6.07) is 1.80. The Morgan fingerprint density at radius 2 is 2.33 bits per heavy atom. The number of rotatable bonds is 5. The fourth-order valence-electron chi connectivity index (χ4n) is 1.22. The number of aromatic nitrogens is 1. The van der Waals surface area contributed by atoms with Crippen molar-refractivity contribution < 1.29 is 9.53 Å². The zero-order valence-corrected chi connectivity index (χ0v) is 9.46. The lowest BCUT2D eigenvalue weighted by Gasteiger charge is -2.03. The minimum absolute atomic E-state index is 0.322. The maximum atomic E-state index is 11.4. The first-order chi connectivity index (χ1) is 7.27. The van der Waals surface area contributed by atoms with Gasteiger partial charge in [0.05, 0.1) is 12.2 Å². The van der Waals surface area contributed by atoms with Crippen molar-refractivity contribution in [3.8, 4) is 0 Å². The Hall–Kier alpha value is -1.09. The van der Waals surface area contributed by atoms with Crippen molar-refractivity contribution in [3.05, 3.63) is 29.6 Å². The minimum atomic E-state index is -0.322. The second-order valence-electron chi connectivity index (χ2n) is 3.09. The molecule has 0 N–H and O–H groups in total. The molecular weight excluding hydrogens is 214 g/mol. The Balaban J connectivity index is 2.69. The number of ether oxygens (including phenoxy) is 1. The van der Waals surface area contributed by atoms with Gasteiger partial charge in [-0.25, -0.2) is 4.79 Å². The van der Waals surface area contributed by atoms with E-state index in [4.69, 9.17) is 16.3 Å². The Labute approximate surface area is 94.4 Å². The van der Waals surface area contributed by atoms with E-state index in [2.05, 4.69) is 4.98 Å². The number of halogens is 1. The van der Waals surface area contributed by atoms with Crippen LogP contribution in [0.15, 0.2) is 18.5 Å². The summed E-state index contributed by atoms with van der Waals surface area (Å²) in [4.78, 5) is 15.4. The summed E-state index contributed by atoms with van der Waals surface area (Å²) in [5.74, 6) is 0.293. The topological polar surface area (TPSA) is 39.2 Å². The highest BCUT2D eigenvalue weighted by Gasteiger charge is 2.07. The number of aryl methyl sites for hydroxylation is 1. The predicted octanol–water partition coefficient (Wildman–Crippen LogP) is 2.43. The van der Waals surface area contributed by atoms with Crippen molar-refractivity contribution in [1.82, 2.24) is 4.98 Å². The molecule has 0 saturated heterocycles. The van der Waals surface area contributed by atoms with Crippen LogP contribution in [-0.4, -0.2) is 23.4 Å². The largest absolute Gasteiger partial charge is 0.462 e. The van der Waals surface area contributed by atoms with Crippen LogP contribution < -0.4 is 0 Å². The molecule has 3 nitrogen and oxygen atoms in total. The molecule has 1 heterocycles. The number of alkyl halides is 1. The molecule has 0 spiro atoms. The van der Waals surface area contributed by atoms with E-state index >= 15 is 0 Å². The molecule has 0 fully saturated rings. The van der Waals surface area contributed by atoms with Crippen LogP contribution in [0.5, 0.6) is 0 Å². The first-order valence-corrected chi connectivity index (χ1v) is 5.48. The number of hydrogen-bond donors (Lipinski definition) is 0. The molecule has 0 atom stereocenters. The third-order valence-electron chi connectivity index (χ3n) is 1.91. The van der Waals surface area contributed by atoms with Gasteiger partial charge in [-0.15, -0.1) is 11.6 Å². The van der Waals surface area contributed by atoms with Gasteiger partial charge in [0.2, 0.25) is 0 Å². The van der Waals surface area contributed by atoms with Crippen LogP contribution in [0.3, 0.4) is 0 Å². The summed E-state index contributed by atoms with van der Waals surface area (Å²) < 4.78 is 4.88. The van der Waals surface area contributed by atoms with Gasteiger partial charge in [-0.2, -0.15) is 0 Å². The fraction of sp³-hybridized carbons (Fsp3) is 0.455. The third-order valence-corrected chi connectivity index (χ3v) is 2.17. The molecular formula is C11H14ClNO2. The maximum absolute atomic E-state index is 11.4. The van der Waals surface area contributed by atoms with Gasteiger partial charge in [0.25, 0.3) is 0 Å². The quantitative estimate of drug-likeness (QED) is 0.573. The average Bonchev–Trinajstić information content (AvgIpc) is 2.27. The highest BCUT2D eigenvalue weighted by atomic mass is 35.5. The van der Waals surface area contributed by atoms with Crippen molar-refractivity contribution in [2.75, 3.05) is 12.5 Å². The summed E-state index contributed by atoms with van der Waals surface area (Å²) in [6.45, 7) is 2.16. The lowest BCUT2D eigenvalue weighted by atomic mass is 10.1.